The average Bonchev–Trinajstić information content (AvgIpc) is 2.19. The summed E-state index contributed by atoms with van der Waals surface area (Å²) in [5.41, 5.74) is 0. The Morgan fingerprint density at radius 2 is 2.50 bits per heavy atom. The van der Waals surface area contributed by atoms with E-state index in [9.17, 15) is 0 Å². The highest BCUT2D eigenvalue weighted by molar-refractivity contribution is 4.62. The molecule has 0 bridgehead atoms. The molecule has 0 spiro atoms. The summed E-state index contributed by atoms with van der Waals surface area (Å²) in [6, 6.07) is 0. The van der Waals surface area contributed by atoms with Crippen molar-refractivity contribution in [2.24, 2.45) is 5.92 Å². The summed E-state index contributed by atoms with van der Waals surface area (Å²) in [5, 5.41) is 6.91. The van der Waals surface area contributed by atoms with Gasteiger partial charge in [0.1, 0.15) is 6.61 Å². The lowest BCUT2D eigenvalue weighted by molar-refractivity contribution is 0.175. The Balaban J connectivity index is 2.06. The van der Waals surface area contributed by atoms with Crippen molar-refractivity contribution in [3.8, 4) is 0 Å². The van der Waals surface area contributed by atoms with E-state index >= 15 is 0 Å². The molecule has 0 saturated carbocycles. The highest BCUT2D eigenvalue weighted by Gasteiger charge is 2.14. The smallest absolute Gasteiger partial charge is 0.143 e. The largest absolute Gasteiger partial charge is 0.445 e. The molecular formula is C6H13O2+. The predicted molar refractivity (Wildman–Crippen MR) is 32.0 cm³/mol. The molecule has 1 saturated heterocycles. The van der Waals surface area contributed by atoms with Crippen LogP contribution in [0.2, 0.25) is 0 Å². The van der Waals surface area contributed by atoms with Gasteiger partial charge < -0.3 is 9.84 Å². The third-order valence-electron chi connectivity index (χ3n) is 1.58. The minimum absolute atomic E-state index is 0.564. The summed E-state index contributed by atoms with van der Waals surface area (Å²) in [6.07, 6.45) is 2.21. The highest BCUT2D eigenvalue weighted by atomic mass is 16.5. The van der Waals surface area contributed by atoms with Crippen LogP contribution in [0.4, 0.5) is 0 Å². The first-order valence-corrected chi connectivity index (χ1v) is 3.16. The second kappa shape index (κ2) is 3.05. The van der Waals surface area contributed by atoms with Crippen molar-refractivity contribution in [1.82, 2.24) is 0 Å². The van der Waals surface area contributed by atoms with Crippen LogP contribution in [-0.2, 0) is 4.74 Å². The molecule has 2 nitrogen and oxygen atoms in total. The van der Waals surface area contributed by atoms with E-state index in [-0.39, 0.29) is 0 Å². The first kappa shape index (κ1) is 6.05. The van der Waals surface area contributed by atoms with Crippen LogP contribution in [0.15, 0.2) is 0 Å². The molecule has 1 atom stereocenters. The van der Waals surface area contributed by atoms with Crippen LogP contribution in [0.3, 0.4) is 0 Å². The van der Waals surface area contributed by atoms with Crippen molar-refractivity contribution < 1.29 is 9.84 Å². The molecule has 2 heteroatoms. The van der Waals surface area contributed by atoms with Crippen LogP contribution in [-0.4, -0.2) is 24.9 Å². The van der Waals surface area contributed by atoms with E-state index in [4.69, 9.17) is 9.84 Å². The molecule has 0 aromatic rings. The van der Waals surface area contributed by atoms with Gasteiger partial charge >= 0.3 is 0 Å². The molecule has 1 aliphatic rings. The monoisotopic (exact) mass is 117 g/mol. The molecule has 0 aromatic heterocycles. The normalized spacial score (nSPS) is 28.9. The Morgan fingerprint density at radius 3 is 3.00 bits per heavy atom. The number of rotatable bonds is 2. The highest BCUT2D eigenvalue weighted by Crippen LogP contribution is 2.14. The summed E-state index contributed by atoms with van der Waals surface area (Å²) in [7, 11) is 0. The molecule has 0 radical (unpaired) electrons. The van der Waals surface area contributed by atoms with E-state index in [0.29, 0.717) is 12.5 Å². The Labute approximate surface area is 49.5 Å². The van der Waals surface area contributed by atoms with Crippen molar-refractivity contribution >= 4 is 0 Å². The molecule has 2 N–H and O–H groups in total. The van der Waals surface area contributed by atoms with Crippen LogP contribution in [0.25, 0.3) is 0 Å². The molecule has 1 heterocycles. The Kier molecular flexibility index (Phi) is 2.30. The molecule has 0 unspecified atom stereocenters. The summed E-state index contributed by atoms with van der Waals surface area (Å²) in [5.74, 6) is 0.701. The molecule has 0 aliphatic carbocycles. The first-order valence-electron chi connectivity index (χ1n) is 3.16. The Hall–Kier alpha value is -0.0800. The average molecular weight is 117 g/mol. The predicted octanol–water partition coefficient (Wildman–Crippen LogP) is 0.138. The van der Waals surface area contributed by atoms with Gasteiger partial charge in [-0.1, -0.05) is 0 Å². The van der Waals surface area contributed by atoms with E-state index in [0.717, 1.165) is 19.6 Å². The van der Waals surface area contributed by atoms with Crippen molar-refractivity contribution in [1.29, 1.82) is 0 Å². The van der Waals surface area contributed by atoms with E-state index < -0.39 is 0 Å². The maximum Gasteiger partial charge on any atom is 0.143 e. The molecule has 1 fully saturated rings. The van der Waals surface area contributed by atoms with Gasteiger partial charge in [0.15, 0.2) is 0 Å². The van der Waals surface area contributed by atoms with Crippen LogP contribution in [0.5, 0.6) is 0 Å². The van der Waals surface area contributed by atoms with E-state index in [1.165, 1.54) is 6.42 Å². The maximum absolute atomic E-state index is 6.91. The van der Waals surface area contributed by atoms with Crippen molar-refractivity contribution in [2.45, 2.75) is 12.8 Å². The zero-order valence-electron chi connectivity index (χ0n) is 5.02. The number of ether oxygens (including phenoxy) is 1. The van der Waals surface area contributed by atoms with Gasteiger partial charge in [-0.05, 0) is 12.3 Å². The van der Waals surface area contributed by atoms with Crippen molar-refractivity contribution in [2.75, 3.05) is 19.8 Å². The minimum Gasteiger partial charge on any atom is -0.445 e. The van der Waals surface area contributed by atoms with E-state index in [1.807, 2.05) is 0 Å². The van der Waals surface area contributed by atoms with Gasteiger partial charge in [0.2, 0.25) is 0 Å². The van der Waals surface area contributed by atoms with Gasteiger partial charge in [-0.2, -0.15) is 0 Å². The molecule has 0 aromatic carbocycles. The molecule has 0 amide bonds. The van der Waals surface area contributed by atoms with Gasteiger partial charge in [0.25, 0.3) is 0 Å². The topological polar surface area (TPSA) is 32.1 Å². The quantitative estimate of drug-likeness (QED) is 0.473. The Morgan fingerprint density at radius 1 is 1.62 bits per heavy atom. The number of hydrogen-bond donors (Lipinski definition) is 0. The maximum atomic E-state index is 6.91. The third-order valence-corrected chi connectivity index (χ3v) is 1.58. The van der Waals surface area contributed by atoms with E-state index in [1.54, 1.807) is 0 Å². The van der Waals surface area contributed by atoms with Gasteiger partial charge in [0.05, 0.1) is 0 Å². The standard InChI is InChI=1S/C6H12O2/c7-3-1-6-2-4-8-5-6/h6-7H,1-5H2/p+1/t6-/m0/s1. The van der Waals surface area contributed by atoms with Crippen LogP contribution in [0, 0.1) is 5.92 Å². The van der Waals surface area contributed by atoms with Crippen LogP contribution < -0.4 is 0 Å². The Bertz CT molecular complexity index is 57.5. The van der Waals surface area contributed by atoms with Gasteiger partial charge in [-0.25, -0.2) is 0 Å². The second-order valence-electron chi connectivity index (χ2n) is 2.27. The zero-order valence-corrected chi connectivity index (χ0v) is 5.02. The van der Waals surface area contributed by atoms with Crippen molar-refractivity contribution in [3.05, 3.63) is 0 Å². The third kappa shape index (κ3) is 1.46. The van der Waals surface area contributed by atoms with E-state index in [2.05, 4.69) is 0 Å². The second-order valence-corrected chi connectivity index (χ2v) is 2.27. The van der Waals surface area contributed by atoms with Gasteiger partial charge in [0, 0.05) is 19.6 Å². The summed E-state index contributed by atoms with van der Waals surface area (Å²) < 4.78 is 5.13. The summed E-state index contributed by atoms with van der Waals surface area (Å²) >= 11 is 0. The lowest BCUT2D eigenvalue weighted by Crippen LogP contribution is -2.00. The summed E-state index contributed by atoms with van der Waals surface area (Å²) in [4.78, 5) is 0. The minimum atomic E-state index is 0.564. The van der Waals surface area contributed by atoms with Gasteiger partial charge in [-0.15, -0.1) is 0 Å². The molecule has 1 aliphatic heterocycles. The molecule has 8 heavy (non-hydrogen) atoms. The first-order chi connectivity index (χ1) is 3.93. The SMILES string of the molecule is [OH2+]CC[C@H]1CCOC1. The lowest BCUT2D eigenvalue weighted by atomic mass is 10.1. The fourth-order valence-electron chi connectivity index (χ4n) is 1.02. The number of hydrogen-bond acceptors (Lipinski definition) is 1. The fraction of sp³-hybridized carbons (Fsp3) is 1.00. The fourth-order valence-corrected chi connectivity index (χ4v) is 1.02. The molecule has 1 rings (SSSR count). The molecular weight excluding hydrogens is 104 g/mol. The van der Waals surface area contributed by atoms with Crippen LogP contribution in [0.1, 0.15) is 12.8 Å². The zero-order chi connectivity index (χ0) is 5.82. The van der Waals surface area contributed by atoms with Crippen LogP contribution >= 0.6 is 0 Å². The van der Waals surface area contributed by atoms with Crippen molar-refractivity contribution in [3.63, 3.8) is 0 Å². The lowest BCUT2D eigenvalue weighted by Gasteiger charge is -1.98. The van der Waals surface area contributed by atoms with Gasteiger partial charge in [-0.3, -0.25) is 0 Å². The summed E-state index contributed by atoms with van der Waals surface area (Å²) in [6.45, 7) is 2.39. The molecule has 48 valence electrons.